The molecule has 0 aliphatic carbocycles. The van der Waals surface area contributed by atoms with Crippen LogP contribution < -0.4 is 9.80 Å². The summed E-state index contributed by atoms with van der Waals surface area (Å²) >= 11 is 0. The van der Waals surface area contributed by atoms with Gasteiger partial charge in [-0.15, -0.1) is 0 Å². The molecule has 1 heterocycles. The monoisotopic (exact) mass is 535 g/mol. The maximum Gasteiger partial charge on any atom is 0.187 e. The lowest BCUT2D eigenvalue weighted by atomic mass is 9.97. The summed E-state index contributed by atoms with van der Waals surface area (Å²) in [5.41, 5.74) is 6.43. The van der Waals surface area contributed by atoms with E-state index in [1.54, 1.807) is 0 Å². The fraction of sp³-hybridized carbons (Fsp3) is 0.306. The minimum absolute atomic E-state index is 0.124. The van der Waals surface area contributed by atoms with E-state index in [-0.39, 0.29) is 5.78 Å². The Morgan fingerprint density at radius 1 is 0.600 bits per heavy atom. The normalized spacial score (nSPS) is 17.0. The third kappa shape index (κ3) is 9.10. The van der Waals surface area contributed by atoms with Gasteiger partial charge < -0.3 is 9.80 Å². The molecule has 0 unspecified atom stereocenters. The van der Waals surface area contributed by atoms with E-state index in [2.05, 4.69) is 103 Å². The van der Waals surface area contributed by atoms with Gasteiger partial charge in [0.25, 0.3) is 0 Å². The van der Waals surface area contributed by atoms with E-state index in [1.807, 2.05) is 55.7 Å². The van der Waals surface area contributed by atoms with Gasteiger partial charge in [0.15, 0.2) is 5.78 Å². The van der Waals surface area contributed by atoms with E-state index in [9.17, 15) is 4.79 Å². The maximum atomic E-state index is 13.0. The number of benzene rings is 2. The average molecular weight is 536 g/mol. The first-order chi connectivity index (χ1) is 19.5. The van der Waals surface area contributed by atoms with Crippen LogP contribution in [-0.2, 0) is 4.79 Å². The Morgan fingerprint density at radius 2 is 0.975 bits per heavy atom. The van der Waals surface area contributed by atoms with Crippen LogP contribution in [0.4, 0.5) is 11.4 Å². The summed E-state index contributed by atoms with van der Waals surface area (Å²) in [6, 6.07) is 17.2. The van der Waals surface area contributed by atoms with Crippen LogP contribution in [0.5, 0.6) is 0 Å². The molecule has 0 aromatic heterocycles. The lowest BCUT2D eigenvalue weighted by Crippen LogP contribution is -2.34. The van der Waals surface area contributed by atoms with Crippen molar-refractivity contribution in [3.05, 3.63) is 119 Å². The van der Waals surface area contributed by atoms with E-state index in [0.29, 0.717) is 13.1 Å². The van der Waals surface area contributed by atoms with Crippen LogP contribution in [0.15, 0.2) is 108 Å². The van der Waals surface area contributed by atoms with Crippen LogP contribution in [-0.4, -0.2) is 57.0 Å². The molecule has 0 N–H and O–H groups in total. The number of likely N-dealkylation sites (N-methyl/N-ethyl adjacent to an activating group) is 1. The van der Waals surface area contributed by atoms with E-state index in [0.717, 1.165) is 48.5 Å². The summed E-state index contributed by atoms with van der Waals surface area (Å²) in [4.78, 5) is 19.9. The molecule has 40 heavy (non-hydrogen) atoms. The zero-order valence-corrected chi connectivity index (χ0v) is 24.9. The molecule has 210 valence electrons. The molecule has 2 aromatic carbocycles. The molecular formula is C36H45N3O. The lowest BCUT2D eigenvalue weighted by Gasteiger charge is -2.25. The van der Waals surface area contributed by atoms with Crippen molar-refractivity contribution >= 4 is 29.3 Å². The van der Waals surface area contributed by atoms with Crippen molar-refractivity contribution in [1.29, 1.82) is 0 Å². The Balaban J connectivity index is 1.56. The molecule has 1 fully saturated rings. The second-order valence-corrected chi connectivity index (χ2v) is 9.90. The smallest absolute Gasteiger partial charge is 0.187 e. The van der Waals surface area contributed by atoms with Crippen LogP contribution in [0.3, 0.4) is 0 Å². The highest BCUT2D eigenvalue weighted by Crippen LogP contribution is 2.18. The second-order valence-electron chi connectivity index (χ2n) is 9.90. The summed E-state index contributed by atoms with van der Waals surface area (Å²) in [7, 11) is 2.05. The highest BCUT2D eigenvalue weighted by molar-refractivity contribution is 6.10. The van der Waals surface area contributed by atoms with E-state index in [1.165, 1.54) is 11.4 Å². The van der Waals surface area contributed by atoms with Gasteiger partial charge in [0.05, 0.1) is 0 Å². The van der Waals surface area contributed by atoms with Crippen LogP contribution in [0.2, 0.25) is 0 Å². The van der Waals surface area contributed by atoms with Crippen molar-refractivity contribution in [2.75, 3.05) is 56.1 Å². The number of ketones is 1. The molecule has 1 aliphatic heterocycles. The summed E-state index contributed by atoms with van der Waals surface area (Å²) in [5.74, 6) is 0.124. The molecule has 1 saturated heterocycles. The largest absolute Gasteiger partial charge is 0.372 e. The molecule has 0 bridgehead atoms. The van der Waals surface area contributed by atoms with Gasteiger partial charge in [0.1, 0.15) is 0 Å². The highest BCUT2D eigenvalue weighted by Gasteiger charge is 2.22. The van der Waals surface area contributed by atoms with Crippen LogP contribution >= 0.6 is 0 Å². The van der Waals surface area contributed by atoms with Crippen molar-refractivity contribution in [2.45, 2.75) is 27.7 Å². The predicted octanol–water partition coefficient (Wildman–Crippen LogP) is 7.59. The maximum absolute atomic E-state index is 13.0. The molecule has 0 saturated carbocycles. The van der Waals surface area contributed by atoms with Crippen LogP contribution in [0, 0.1) is 0 Å². The Kier molecular flexibility index (Phi) is 12.5. The average Bonchev–Trinajstić information content (AvgIpc) is 2.97. The van der Waals surface area contributed by atoms with Crippen molar-refractivity contribution in [2.24, 2.45) is 0 Å². The first-order valence-corrected chi connectivity index (χ1v) is 14.5. The quantitative estimate of drug-likeness (QED) is 0.207. The first-order valence-electron chi connectivity index (χ1n) is 14.5. The lowest BCUT2D eigenvalue weighted by molar-refractivity contribution is -0.113. The van der Waals surface area contributed by atoms with Gasteiger partial charge in [0, 0.05) is 61.8 Å². The molecule has 2 aromatic rings. The minimum Gasteiger partial charge on any atom is -0.372 e. The van der Waals surface area contributed by atoms with Gasteiger partial charge in [-0.2, -0.15) is 0 Å². The van der Waals surface area contributed by atoms with E-state index < -0.39 is 0 Å². The molecular weight excluding hydrogens is 490 g/mol. The van der Waals surface area contributed by atoms with Crippen molar-refractivity contribution in [3.63, 3.8) is 0 Å². The number of allylic oxidation sites excluding steroid dienone is 8. The number of hydrogen-bond donors (Lipinski definition) is 0. The number of carbonyl (C=O) groups is 1. The molecule has 0 amide bonds. The molecule has 4 nitrogen and oxygen atoms in total. The SMILES string of the molecule is CCN(CC)c1ccc(/C=C/C=C/C=C2/CN(C)C/C(=C/C=C/C=C/c3ccc(N(CC)CC)cc3)C2=O)cc1. The second kappa shape index (κ2) is 16.3. The first kappa shape index (κ1) is 30.6. The van der Waals surface area contributed by atoms with Gasteiger partial charge >= 0.3 is 0 Å². The Bertz CT molecular complexity index is 1150. The summed E-state index contributed by atoms with van der Waals surface area (Å²) < 4.78 is 0. The zero-order chi connectivity index (χ0) is 28.7. The molecule has 0 spiro atoms. The number of anilines is 2. The summed E-state index contributed by atoms with van der Waals surface area (Å²) in [5, 5.41) is 0. The fourth-order valence-electron chi connectivity index (χ4n) is 4.82. The van der Waals surface area contributed by atoms with Gasteiger partial charge in [-0.05, 0) is 70.1 Å². The third-order valence-corrected chi connectivity index (χ3v) is 7.12. The fourth-order valence-corrected chi connectivity index (χ4v) is 4.82. The number of nitrogens with zero attached hydrogens (tertiary/aromatic N) is 3. The Morgan fingerprint density at radius 3 is 1.32 bits per heavy atom. The van der Waals surface area contributed by atoms with Crippen LogP contribution in [0.25, 0.3) is 12.2 Å². The van der Waals surface area contributed by atoms with Crippen molar-refractivity contribution < 1.29 is 4.79 Å². The van der Waals surface area contributed by atoms with Gasteiger partial charge in [-0.1, -0.05) is 85.0 Å². The molecule has 1 aliphatic rings. The molecule has 0 atom stereocenters. The number of likely N-dealkylation sites (tertiary alicyclic amines) is 1. The van der Waals surface area contributed by atoms with Crippen molar-refractivity contribution in [3.8, 4) is 0 Å². The van der Waals surface area contributed by atoms with Gasteiger partial charge in [-0.25, -0.2) is 0 Å². The number of Topliss-reactive ketones (excluding diaryl/α,β-unsaturated/α-hetero) is 1. The van der Waals surface area contributed by atoms with Crippen LogP contribution in [0.1, 0.15) is 38.8 Å². The number of carbonyl (C=O) groups excluding carboxylic acids is 1. The number of hydrogen-bond acceptors (Lipinski definition) is 4. The number of rotatable bonds is 12. The Hall–Kier alpha value is -3.89. The summed E-state index contributed by atoms with van der Waals surface area (Å²) in [6.07, 6.45) is 19.9. The molecule has 3 rings (SSSR count). The van der Waals surface area contributed by atoms with E-state index in [4.69, 9.17) is 0 Å². The minimum atomic E-state index is 0.124. The van der Waals surface area contributed by atoms with Gasteiger partial charge in [0.2, 0.25) is 0 Å². The number of piperidine rings is 1. The zero-order valence-electron chi connectivity index (χ0n) is 24.9. The third-order valence-electron chi connectivity index (χ3n) is 7.12. The molecule has 4 heteroatoms. The highest BCUT2D eigenvalue weighted by atomic mass is 16.1. The van der Waals surface area contributed by atoms with Crippen molar-refractivity contribution in [1.82, 2.24) is 4.90 Å². The van der Waals surface area contributed by atoms with Gasteiger partial charge in [-0.3, -0.25) is 9.69 Å². The predicted molar refractivity (Wildman–Crippen MR) is 175 cm³/mol. The molecule has 0 radical (unpaired) electrons. The van der Waals surface area contributed by atoms with E-state index >= 15 is 0 Å². The Labute approximate surface area is 242 Å². The summed E-state index contributed by atoms with van der Waals surface area (Å²) in [6.45, 7) is 14.0. The topological polar surface area (TPSA) is 26.8 Å². The standard InChI is InChI=1S/C36H45N3O/c1-6-38(7-2)34-24-20-30(21-25-34)16-12-10-14-18-32-28-37(5)29-33(36(32)40)19-15-11-13-17-31-22-26-35(27-23-31)39(8-3)9-4/h10-27H,6-9,28-29H2,1-5H3/b14-10+,15-11+,16-12+,17-13+,32-18-,33-19-.